The highest BCUT2D eigenvalue weighted by Crippen LogP contribution is 2.08. The second kappa shape index (κ2) is 3.90. The molecular formula is C10H13NO. The fourth-order valence-corrected chi connectivity index (χ4v) is 1.29. The monoisotopic (exact) mass is 163 g/mol. The molecule has 0 N–H and O–H groups in total. The number of hydrogen-bond acceptors (Lipinski definition) is 1. The maximum absolute atomic E-state index is 10.6. The maximum atomic E-state index is 10.6. The lowest BCUT2D eigenvalue weighted by molar-refractivity contribution is 0.111. The van der Waals surface area contributed by atoms with Crippen LogP contribution in [0.25, 0.3) is 0 Å². The molecule has 0 saturated carbocycles. The SMILES string of the molecule is C=CCn1c(C=O)ccc1CC. The summed E-state index contributed by atoms with van der Waals surface area (Å²) in [4.78, 5) is 10.6. The summed E-state index contributed by atoms with van der Waals surface area (Å²) < 4.78 is 1.97. The third-order valence-electron chi connectivity index (χ3n) is 1.90. The van der Waals surface area contributed by atoms with Crippen molar-refractivity contribution in [3.05, 3.63) is 36.2 Å². The summed E-state index contributed by atoms with van der Waals surface area (Å²) in [7, 11) is 0. The lowest BCUT2D eigenvalue weighted by atomic mass is 10.3. The van der Waals surface area contributed by atoms with Gasteiger partial charge in [0.25, 0.3) is 0 Å². The van der Waals surface area contributed by atoms with Crippen molar-refractivity contribution in [2.24, 2.45) is 0 Å². The second-order valence-electron chi connectivity index (χ2n) is 2.62. The lowest BCUT2D eigenvalue weighted by Gasteiger charge is -2.05. The zero-order chi connectivity index (χ0) is 8.97. The molecule has 12 heavy (non-hydrogen) atoms. The van der Waals surface area contributed by atoms with E-state index in [1.165, 1.54) is 5.69 Å². The second-order valence-corrected chi connectivity index (χ2v) is 2.62. The number of hydrogen-bond donors (Lipinski definition) is 0. The molecule has 2 nitrogen and oxygen atoms in total. The Morgan fingerprint density at radius 1 is 1.58 bits per heavy atom. The molecule has 0 unspecified atom stereocenters. The Balaban J connectivity index is 3.06. The van der Waals surface area contributed by atoms with Gasteiger partial charge in [0, 0.05) is 12.2 Å². The normalized spacial score (nSPS) is 9.75. The largest absolute Gasteiger partial charge is 0.339 e. The fourth-order valence-electron chi connectivity index (χ4n) is 1.29. The van der Waals surface area contributed by atoms with Gasteiger partial charge in [-0.1, -0.05) is 13.0 Å². The molecule has 0 amide bonds. The Morgan fingerprint density at radius 3 is 2.83 bits per heavy atom. The number of aldehydes is 1. The zero-order valence-corrected chi connectivity index (χ0v) is 7.29. The van der Waals surface area contributed by atoms with Crippen LogP contribution in [0.15, 0.2) is 24.8 Å². The summed E-state index contributed by atoms with van der Waals surface area (Å²) in [5.41, 5.74) is 1.91. The predicted octanol–water partition coefficient (Wildman–Crippen LogP) is 2.05. The van der Waals surface area contributed by atoms with Crippen LogP contribution in [0.1, 0.15) is 23.1 Å². The van der Waals surface area contributed by atoms with Crippen molar-refractivity contribution in [3.63, 3.8) is 0 Å². The van der Waals surface area contributed by atoms with E-state index in [0.29, 0.717) is 6.54 Å². The molecule has 1 aromatic rings. The molecule has 0 aliphatic rings. The van der Waals surface area contributed by atoms with Gasteiger partial charge in [-0.3, -0.25) is 4.79 Å². The molecule has 1 aromatic heterocycles. The van der Waals surface area contributed by atoms with E-state index in [1.807, 2.05) is 16.7 Å². The molecule has 64 valence electrons. The minimum absolute atomic E-state index is 0.713. The number of rotatable bonds is 4. The van der Waals surface area contributed by atoms with Gasteiger partial charge in [0.05, 0.1) is 5.69 Å². The average molecular weight is 163 g/mol. The van der Waals surface area contributed by atoms with Crippen LogP contribution in [0.2, 0.25) is 0 Å². The number of allylic oxidation sites excluding steroid dienone is 1. The topological polar surface area (TPSA) is 22.0 Å². The van der Waals surface area contributed by atoms with Gasteiger partial charge in [-0.15, -0.1) is 6.58 Å². The molecule has 0 fully saturated rings. The first-order chi connectivity index (χ1) is 5.83. The van der Waals surface area contributed by atoms with Crippen LogP contribution in [0, 0.1) is 0 Å². The van der Waals surface area contributed by atoms with E-state index in [0.717, 1.165) is 18.4 Å². The van der Waals surface area contributed by atoms with Crippen LogP contribution in [-0.2, 0) is 13.0 Å². The minimum atomic E-state index is 0.713. The smallest absolute Gasteiger partial charge is 0.166 e. The lowest BCUT2D eigenvalue weighted by Crippen LogP contribution is -2.03. The molecule has 0 aliphatic heterocycles. The molecule has 0 bridgehead atoms. The van der Waals surface area contributed by atoms with Crippen molar-refractivity contribution < 1.29 is 4.79 Å². The van der Waals surface area contributed by atoms with Gasteiger partial charge in [0.1, 0.15) is 0 Å². The van der Waals surface area contributed by atoms with E-state index in [9.17, 15) is 4.79 Å². The molecule has 0 aromatic carbocycles. The van der Waals surface area contributed by atoms with E-state index in [1.54, 1.807) is 6.08 Å². The summed E-state index contributed by atoms with van der Waals surface area (Å²) in [6.45, 7) is 6.44. The van der Waals surface area contributed by atoms with Gasteiger partial charge >= 0.3 is 0 Å². The fraction of sp³-hybridized carbons (Fsp3) is 0.300. The summed E-state index contributed by atoms with van der Waals surface area (Å²) in [5.74, 6) is 0. The molecule has 0 aliphatic carbocycles. The molecule has 0 atom stereocenters. The molecule has 0 saturated heterocycles. The highest BCUT2D eigenvalue weighted by atomic mass is 16.1. The van der Waals surface area contributed by atoms with Crippen LogP contribution in [0.3, 0.4) is 0 Å². The Morgan fingerprint density at radius 2 is 2.33 bits per heavy atom. The third kappa shape index (κ3) is 1.47. The summed E-state index contributed by atoms with van der Waals surface area (Å²) in [6, 6.07) is 3.82. The van der Waals surface area contributed by atoms with Crippen molar-refractivity contribution >= 4 is 6.29 Å². The third-order valence-corrected chi connectivity index (χ3v) is 1.90. The van der Waals surface area contributed by atoms with Crippen LogP contribution in [0.4, 0.5) is 0 Å². The summed E-state index contributed by atoms with van der Waals surface area (Å²) >= 11 is 0. The molecule has 2 heteroatoms. The minimum Gasteiger partial charge on any atom is -0.339 e. The number of nitrogens with zero attached hydrogens (tertiary/aromatic N) is 1. The number of carbonyl (C=O) groups excluding carboxylic acids is 1. The van der Waals surface area contributed by atoms with Crippen molar-refractivity contribution in [3.8, 4) is 0 Å². The van der Waals surface area contributed by atoms with E-state index in [-0.39, 0.29) is 0 Å². The Labute approximate surface area is 72.5 Å². The standard InChI is InChI=1S/C10H13NO/c1-3-7-11-9(4-2)5-6-10(11)8-12/h3,5-6,8H,1,4,7H2,2H3. The van der Waals surface area contributed by atoms with Crippen molar-refractivity contribution in [1.29, 1.82) is 0 Å². The Kier molecular flexibility index (Phi) is 2.86. The summed E-state index contributed by atoms with van der Waals surface area (Å²) in [6.07, 6.45) is 3.62. The zero-order valence-electron chi connectivity index (χ0n) is 7.29. The van der Waals surface area contributed by atoms with Crippen molar-refractivity contribution in [2.75, 3.05) is 0 Å². The van der Waals surface area contributed by atoms with E-state index >= 15 is 0 Å². The quantitative estimate of drug-likeness (QED) is 0.492. The highest BCUT2D eigenvalue weighted by Gasteiger charge is 2.02. The number of carbonyl (C=O) groups is 1. The van der Waals surface area contributed by atoms with Gasteiger partial charge in [-0.25, -0.2) is 0 Å². The first-order valence-corrected chi connectivity index (χ1v) is 4.08. The van der Waals surface area contributed by atoms with Gasteiger partial charge in [-0.2, -0.15) is 0 Å². The summed E-state index contributed by atoms with van der Waals surface area (Å²) in [5, 5.41) is 0. The molecule has 0 spiro atoms. The molecular weight excluding hydrogens is 150 g/mol. The van der Waals surface area contributed by atoms with E-state index in [4.69, 9.17) is 0 Å². The van der Waals surface area contributed by atoms with Gasteiger partial charge in [0.15, 0.2) is 6.29 Å². The van der Waals surface area contributed by atoms with Gasteiger partial charge in [0.2, 0.25) is 0 Å². The Hall–Kier alpha value is -1.31. The number of aryl methyl sites for hydroxylation is 1. The maximum Gasteiger partial charge on any atom is 0.166 e. The van der Waals surface area contributed by atoms with Crippen LogP contribution < -0.4 is 0 Å². The van der Waals surface area contributed by atoms with E-state index in [2.05, 4.69) is 13.5 Å². The van der Waals surface area contributed by atoms with Crippen LogP contribution in [-0.4, -0.2) is 10.9 Å². The highest BCUT2D eigenvalue weighted by molar-refractivity contribution is 5.72. The number of aromatic nitrogens is 1. The van der Waals surface area contributed by atoms with Crippen molar-refractivity contribution in [1.82, 2.24) is 4.57 Å². The van der Waals surface area contributed by atoms with Crippen molar-refractivity contribution in [2.45, 2.75) is 19.9 Å². The predicted molar refractivity (Wildman–Crippen MR) is 49.4 cm³/mol. The average Bonchev–Trinajstić information content (AvgIpc) is 2.48. The van der Waals surface area contributed by atoms with Crippen LogP contribution >= 0.6 is 0 Å². The Bertz CT molecular complexity index is 286. The molecule has 1 rings (SSSR count). The van der Waals surface area contributed by atoms with Gasteiger partial charge < -0.3 is 4.57 Å². The van der Waals surface area contributed by atoms with Gasteiger partial charge in [-0.05, 0) is 18.6 Å². The first-order valence-electron chi connectivity index (χ1n) is 4.08. The van der Waals surface area contributed by atoms with E-state index < -0.39 is 0 Å². The first kappa shape index (κ1) is 8.78. The van der Waals surface area contributed by atoms with Crippen LogP contribution in [0.5, 0.6) is 0 Å². The molecule has 0 radical (unpaired) electrons. The molecule has 1 heterocycles.